The summed E-state index contributed by atoms with van der Waals surface area (Å²) < 4.78 is 8.50. The van der Waals surface area contributed by atoms with Crippen LogP contribution in [0, 0.1) is 5.92 Å². The summed E-state index contributed by atoms with van der Waals surface area (Å²) in [6.07, 6.45) is 0. The highest BCUT2D eigenvalue weighted by Gasteiger charge is 2.19. The second-order valence-electron chi connectivity index (χ2n) is 7.92. The van der Waals surface area contributed by atoms with Crippen molar-refractivity contribution in [3.8, 4) is 11.4 Å². The largest absolute Gasteiger partial charge is 0.497 e. The number of methoxy groups -OCH3 is 1. The van der Waals surface area contributed by atoms with E-state index < -0.39 is 11.9 Å². The van der Waals surface area contributed by atoms with Crippen molar-refractivity contribution < 1.29 is 14.3 Å². The van der Waals surface area contributed by atoms with Crippen LogP contribution < -0.4 is 20.9 Å². The Hall–Kier alpha value is -3.86. The Kier molecular flexibility index (Phi) is 6.82. The molecule has 0 aliphatic heterocycles. The third-order valence-electron chi connectivity index (χ3n) is 4.96. The molecule has 0 aliphatic rings. The smallest absolute Gasteiger partial charge is 0.321 e. The van der Waals surface area contributed by atoms with Crippen molar-refractivity contribution in [2.75, 3.05) is 19.4 Å². The minimum atomic E-state index is -0.539. The van der Waals surface area contributed by atoms with E-state index in [0.717, 1.165) is 11.8 Å². The van der Waals surface area contributed by atoms with E-state index in [1.54, 1.807) is 54.0 Å². The molecule has 34 heavy (non-hydrogen) atoms. The number of fused-ring (bicyclic) bond motifs is 3. The normalized spacial score (nSPS) is 11.2. The average molecular weight is 481 g/mol. The number of carbonyl (C=O) groups excluding carboxylic acids is 2. The first-order valence-electron chi connectivity index (χ1n) is 10.6. The van der Waals surface area contributed by atoms with Crippen molar-refractivity contribution in [2.24, 2.45) is 5.92 Å². The standard InChI is InChI=1S/C23H24N6O4S/c1-14(2)12-24-21(32)25-19(30)13-34-23-27-26-22-28(15-7-6-8-16(11-15)33-3)20(31)17-9-4-5-10-18(17)29(22)23/h4-11,14H,12-13H2,1-3H3,(H2,24,25,30,32). The molecule has 10 nitrogen and oxygen atoms in total. The van der Waals surface area contributed by atoms with Crippen LogP contribution in [-0.2, 0) is 4.79 Å². The van der Waals surface area contributed by atoms with E-state index in [1.807, 2.05) is 19.9 Å². The predicted octanol–water partition coefficient (Wildman–Crippen LogP) is 2.62. The Labute approximate surface area is 199 Å². The molecule has 4 rings (SSSR count). The molecule has 2 heterocycles. The summed E-state index contributed by atoms with van der Waals surface area (Å²) in [5.41, 5.74) is 0.938. The number of benzene rings is 2. The zero-order valence-electron chi connectivity index (χ0n) is 18.9. The summed E-state index contributed by atoms with van der Waals surface area (Å²) in [6.45, 7) is 4.39. The number of rotatable bonds is 7. The maximum absolute atomic E-state index is 13.4. The fourth-order valence-electron chi connectivity index (χ4n) is 3.39. The van der Waals surface area contributed by atoms with E-state index >= 15 is 0 Å². The molecule has 2 aromatic carbocycles. The highest BCUT2D eigenvalue weighted by atomic mass is 32.2. The Morgan fingerprint density at radius 3 is 2.68 bits per heavy atom. The number of aromatic nitrogens is 4. The van der Waals surface area contributed by atoms with Crippen LogP contribution in [0.25, 0.3) is 22.4 Å². The number of nitrogens with zero attached hydrogens (tertiary/aromatic N) is 4. The number of nitrogens with one attached hydrogen (secondary N) is 2. The molecule has 0 radical (unpaired) electrons. The van der Waals surface area contributed by atoms with Gasteiger partial charge in [0, 0.05) is 12.6 Å². The summed E-state index contributed by atoms with van der Waals surface area (Å²) in [5.74, 6) is 0.649. The van der Waals surface area contributed by atoms with Gasteiger partial charge < -0.3 is 10.1 Å². The number of urea groups is 1. The third kappa shape index (κ3) is 4.74. The lowest BCUT2D eigenvalue weighted by molar-refractivity contribution is -0.117. The van der Waals surface area contributed by atoms with Crippen LogP contribution in [0.1, 0.15) is 13.8 Å². The lowest BCUT2D eigenvalue weighted by Crippen LogP contribution is -2.41. The van der Waals surface area contributed by atoms with Crippen LogP contribution >= 0.6 is 11.8 Å². The van der Waals surface area contributed by atoms with Crippen molar-refractivity contribution in [3.63, 3.8) is 0 Å². The molecular weight excluding hydrogens is 456 g/mol. The maximum atomic E-state index is 13.4. The number of carbonyl (C=O) groups is 2. The van der Waals surface area contributed by atoms with Crippen molar-refractivity contribution in [3.05, 3.63) is 58.9 Å². The summed E-state index contributed by atoms with van der Waals surface area (Å²) in [7, 11) is 1.55. The minimum absolute atomic E-state index is 0.0531. The molecule has 0 unspecified atom stereocenters. The van der Waals surface area contributed by atoms with Crippen LogP contribution in [0.15, 0.2) is 58.5 Å². The van der Waals surface area contributed by atoms with Gasteiger partial charge in [0.1, 0.15) is 5.75 Å². The lowest BCUT2D eigenvalue weighted by Gasteiger charge is -2.12. The molecule has 3 amide bonds. The second kappa shape index (κ2) is 9.96. The van der Waals surface area contributed by atoms with E-state index in [9.17, 15) is 14.4 Å². The number of para-hydroxylation sites is 1. The molecule has 0 aliphatic carbocycles. The topological polar surface area (TPSA) is 120 Å². The van der Waals surface area contributed by atoms with Crippen molar-refractivity contribution in [2.45, 2.75) is 19.0 Å². The molecular formula is C23H24N6O4S. The summed E-state index contributed by atoms with van der Waals surface area (Å²) in [5, 5.41) is 14.3. The summed E-state index contributed by atoms with van der Waals surface area (Å²) in [6, 6.07) is 13.7. The number of thioether (sulfide) groups is 1. The van der Waals surface area contributed by atoms with E-state index in [0.29, 0.717) is 39.8 Å². The number of imide groups is 1. The van der Waals surface area contributed by atoms with Crippen molar-refractivity contribution >= 4 is 40.4 Å². The van der Waals surface area contributed by atoms with E-state index in [4.69, 9.17) is 4.74 Å². The van der Waals surface area contributed by atoms with Crippen molar-refractivity contribution in [1.82, 2.24) is 29.8 Å². The SMILES string of the molecule is COc1cccc(-n2c(=O)c3ccccc3n3c(SCC(=O)NC(=O)NCC(C)C)nnc23)c1. The fraction of sp³-hybridized carbons (Fsp3) is 0.261. The second-order valence-corrected chi connectivity index (χ2v) is 8.86. The Balaban J connectivity index is 1.70. The first-order chi connectivity index (χ1) is 16.4. The summed E-state index contributed by atoms with van der Waals surface area (Å²) in [4.78, 5) is 37.5. The number of ether oxygens (including phenoxy) is 1. The molecule has 0 spiro atoms. The van der Waals surface area contributed by atoms with Gasteiger partial charge in [-0.2, -0.15) is 0 Å². The number of hydrogen-bond acceptors (Lipinski definition) is 7. The predicted molar refractivity (Wildman–Crippen MR) is 130 cm³/mol. The van der Waals surface area contributed by atoms with Gasteiger partial charge in [0.2, 0.25) is 11.7 Å². The monoisotopic (exact) mass is 480 g/mol. The fourth-order valence-corrected chi connectivity index (χ4v) is 4.13. The molecule has 11 heteroatoms. The van der Waals surface area contributed by atoms with Gasteiger partial charge in [-0.15, -0.1) is 10.2 Å². The van der Waals surface area contributed by atoms with Crippen LogP contribution in [0.2, 0.25) is 0 Å². The first-order valence-corrected chi connectivity index (χ1v) is 11.6. The third-order valence-corrected chi connectivity index (χ3v) is 5.89. The molecule has 0 saturated heterocycles. The van der Waals surface area contributed by atoms with Gasteiger partial charge in [0.15, 0.2) is 5.16 Å². The minimum Gasteiger partial charge on any atom is -0.497 e. The van der Waals surface area contributed by atoms with Crippen LogP contribution in [-0.4, -0.2) is 50.5 Å². The van der Waals surface area contributed by atoms with Crippen molar-refractivity contribution in [1.29, 1.82) is 0 Å². The van der Waals surface area contributed by atoms with Crippen LogP contribution in [0.5, 0.6) is 5.75 Å². The van der Waals surface area contributed by atoms with Gasteiger partial charge in [-0.1, -0.05) is 43.8 Å². The molecule has 2 aromatic heterocycles. The molecule has 2 N–H and O–H groups in total. The molecule has 176 valence electrons. The van der Waals surface area contributed by atoms with E-state index in [-0.39, 0.29) is 17.2 Å². The molecule has 0 saturated carbocycles. The van der Waals surface area contributed by atoms with Gasteiger partial charge in [-0.05, 0) is 30.2 Å². The highest BCUT2D eigenvalue weighted by Crippen LogP contribution is 2.24. The number of hydrogen-bond donors (Lipinski definition) is 2. The van der Waals surface area contributed by atoms with Gasteiger partial charge in [0.25, 0.3) is 5.56 Å². The Morgan fingerprint density at radius 2 is 1.91 bits per heavy atom. The van der Waals surface area contributed by atoms with E-state index in [1.165, 1.54) is 4.57 Å². The Morgan fingerprint density at radius 1 is 1.12 bits per heavy atom. The van der Waals surface area contributed by atoms with Gasteiger partial charge in [0.05, 0.1) is 29.5 Å². The van der Waals surface area contributed by atoms with Gasteiger partial charge in [-0.25, -0.2) is 9.36 Å². The molecule has 0 atom stereocenters. The lowest BCUT2D eigenvalue weighted by atomic mass is 10.2. The summed E-state index contributed by atoms with van der Waals surface area (Å²) >= 11 is 1.12. The highest BCUT2D eigenvalue weighted by molar-refractivity contribution is 7.99. The maximum Gasteiger partial charge on any atom is 0.321 e. The van der Waals surface area contributed by atoms with Gasteiger partial charge in [-0.3, -0.25) is 19.3 Å². The zero-order chi connectivity index (χ0) is 24.2. The van der Waals surface area contributed by atoms with Crippen LogP contribution in [0.4, 0.5) is 4.79 Å². The Bertz CT molecular complexity index is 1430. The number of amides is 3. The zero-order valence-corrected chi connectivity index (χ0v) is 19.8. The van der Waals surface area contributed by atoms with E-state index in [2.05, 4.69) is 20.8 Å². The first kappa shape index (κ1) is 23.3. The molecule has 0 fully saturated rings. The quantitative estimate of drug-likeness (QED) is 0.390. The molecule has 4 aromatic rings. The van der Waals surface area contributed by atoms with Gasteiger partial charge >= 0.3 is 6.03 Å². The molecule has 0 bridgehead atoms. The van der Waals surface area contributed by atoms with Crippen LogP contribution in [0.3, 0.4) is 0 Å². The average Bonchev–Trinajstić information content (AvgIpc) is 3.25.